The van der Waals surface area contributed by atoms with E-state index in [-0.39, 0.29) is 17.7 Å². The van der Waals surface area contributed by atoms with E-state index in [4.69, 9.17) is 15.9 Å². The highest BCUT2D eigenvalue weighted by molar-refractivity contribution is 5.95. The molecule has 146 valence electrons. The van der Waals surface area contributed by atoms with Gasteiger partial charge in [0.05, 0.1) is 6.61 Å². The molecule has 2 heterocycles. The molecule has 0 aromatic heterocycles. The number of hydrogen-bond acceptors (Lipinski definition) is 3. The lowest BCUT2D eigenvalue weighted by Crippen LogP contribution is -2.39. The fourth-order valence-corrected chi connectivity index (χ4v) is 4.29. The van der Waals surface area contributed by atoms with Crippen molar-refractivity contribution in [3.63, 3.8) is 0 Å². The highest BCUT2D eigenvalue weighted by Crippen LogP contribution is 2.37. The number of amidine groups is 1. The zero-order chi connectivity index (χ0) is 19.5. The highest BCUT2D eigenvalue weighted by Gasteiger charge is 2.30. The Morgan fingerprint density at radius 3 is 2.61 bits per heavy atom. The topological polar surface area (TPSA) is 79.4 Å². The number of amides is 1. The molecular formula is C23H27N3O2. The fraction of sp³-hybridized carbons (Fsp3) is 0.391. The minimum Gasteiger partial charge on any atom is -0.493 e. The lowest BCUT2D eigenvalue weighted by Gasteiger charge is -2.32. The summed E-state index contributed by atoms with van der Waals surface area (Å²) >= 11 is 0. The van der Waals surface area contributed by atoms with Crippen LogP contribution in [0, 0.1) is 11.3 Å². The lowest BCUT2D eigenvalue weighted by atomic mass is 9.89. The number of nitrogen functional groups attached to an aromatic ring is 1. The summed E-state index contributed by atoms with van der Waals surface area (Å²) in [6.07, 6.45) is 3.68. The van der Waals surface area contributed by atoms with Crippen molar-refractivity contribution in [1.82, 2.24) is 4.90 Å². The molecule has 1 atom stereocenters. The number of rotatable bonds is 5. The van der Waals surface area contributed by atoms with Crippen LogP contribution in [-0.2, 0) is 11.2 Å². The standard InChI is InChI=1S/C23H27N3O2/c24-23(25)18-6-7-21-20(13-18)19(15-28-21)14-22(27)26-10-8-17(9-11-26)12-16-4-2-1-3-5-16/h1-7,13,17,19H,8-12,14-15H2,(H3,24,25). The second-order valence-electron chi connectivity index (χ2n) is 7.89. The average molecular weight is 377 g/mol. The van der Waals surface area contributed by atoms with Gasteiger partial charge in [0, 0.05) is 36.6 Å². The molecule has 2 aromatic carbocycles. The van der Waals surface area contributed by atoms with Gasteiger partial charge >= 0.3 is 0 Å². The Bertz CT molecular complexity index is 857. The number of hydrogen-bond donors (Lipinski definition) is 2. The van der Waals surface area contributed by atoms with Crippen molar-refractivity contribution in [3.8, 4) is 5.75 Å². The first kappa shape index (κ1) is 18.5. The number of fused-ring (bicyclic) bond motifs is 1. The van der Waals surface area contributed by atoms with Gasteiger partial charge in [0.1, 0.15) is 11.6 Å². The molecule has 3 N–H and O–H groups in total. The number of nitrogens with zero attached hydrogens (tertiary/aromatic N) is 1. The van der Waals surface area contributed by atoms with Crippen molar-refractivity contribution in [2.45, 2.75) is 31.6 Å². The Morgan fingerprint density at radius 1 is 1.14 bits per heavy atom. The number of piperidine rings is 1. The van der Waals surface area contributed by atoms with Gasteiger partial charge < -0.3 is 15.4 Å². The van der Waals surface area contributed by atoms with Crippen molar-refractivity contribution in [2.75, 3.05) is 19.7 Å². The van der Waals surface area contributed by atoms with E-state index in [0.717, 1.165) is 43.7 Å². The molecule has 0 spiro atoms. The van der Waals surface area contributed by atoms with Gasteiger partial charge in [0.25, 0.3) is 0 Å². The van der Waals surface area contributed by atoms with Crippen molar-refractivity contribution in [3.05, 3.63) is 65.2 Å². The number of benzene rings is 2. The molecule has 1 saturated heterocycles. The molecule has 2 aliphatic rings. The number of carbonyl (C=O) groups is 1. The molecule has 2 aliphatic heterocycles. The summed E-state index contributed by atoms with van der Waals surface area (Å²) in [5, 5.41) is 7.63. The number of ether oxygens (including phenoxy) is 1. The first-order chi connectivity index (χ1) is 13.6. The fourth-order valence-electron chi connectivity index (χ4n) is 4.29. The Balaban J connectivity index is 1.32. The van der Waals surface area contributed by atoms with Crippen LogP contribution in [0.1, 0.15) is 41.9 Å². The van der Waals surface area contributed by atoms with Crippen LogP contribution in [0.3, 0.4) is 0 Å². The summed E-state index contributed by atoms with van der Waals surface area (Å²) in [5.74, 6) is 1.75. The van der Waals surface area contributed by atoms with E-state index in [9.17, 15) is 4.79 Å². The zero-order valence-electron chi connectivity index (χ0n) is 16.1. The third-order valence-corrected chi connectivity index (χ3v) is 5.96. The van der Waals surface area contributed by atoms with Gasteiger partial charge in [-0.1, -0.05) is 30.3 Å². The summed E-state index contributed by atoms with van der Waals surface area (Å²) in [4.78, 5) is 14.9. The smallest absolute Gasteiger partial charge is 0.223 e. The van der Waals surface area contributed by atoms with Crippen molar-refractivity contribution in [1.29, 1.82) is 5.41 Å². The molecule has 0 aliphatic carbocycles. The second-order valence-corrected chi connectivity index (χ2v) is 7.89. The predicted octanol–water partition coefficient (Wildman–Crippen LogP) is 3.32. The van der Waals surface area contributed by atoms with Crippen molar-refractivity contribution in [2.24, 2.45) is 11.7 Å². The molecule has 4 rings (SSSR count). The van der Waals surface area contributed by atoms with Crippen molar-refractivity contribution >= 4 is 11.7 Å². The molecule has 5 heteroatoms. The minimum atomic E-state index is 0.0419. The maximum Gasteiger partial charge on any atom is 0.223 e. The van der Waals surface area contributed by atoms with Crippen molar-refractivity contribution < 1.29 is 9.53 Å². The molecule has 5 nitrogen and oxygen atoms in total. The van der Waals surface area contributed by atoms with Crippen LogP contribution in [-0.4, -0.2) is 36.3 Å². The molecular weight excluding hydrogens is 350 g/mol. The van der Waals surface area contributed by atoms with E-state index < -0.39 is 0 Å². The average Bonchev–Trinajstić information content (AvgIpc) is 3.11. The predicted molar refractivity (Wildman–Crippen MR) is 110 cm³/mol. The van der Waals surface area contributed by atoms with Crippen LogP contribution < -0.4 is 10.5 Å². The molecule has 0 saturated carbocycles. The Morgan fingerprint density at radius 2 is 1.89 bits per heavy atom. The van der Waals surface area contributed by atoms with Gasteiger partial charge in [-0.2, -0.15) is 0 Å². The van der Waals surface area contributed by atoms with Gasteiger partial charge in [-0.25, -0.2) is 0 Å². The van der Waals surface area contributed by atoms with Gasteiger partial charge in [-0.05, 0) is 48.9 Å². The van der Waals surface area contributed by atoms with Crippen LogP contribution in [0.2, 0.25) is 0 Å². The van der Waals surface area contributed by atoms with Gasteiger partial charge in [0.2, 0.25) is 5.91 Å². The molecule has 1 fully saturated rings. The van der Waals surface area contributed by atoms with E-state index in [1.54, 1.807) is 6.07 Å². The van der Waals surface area contributed by atoms with E-state index in [2.05, 4.69) is 30.3 Å². The quantitative estimate of drug-likeness (QED) is 0.620. The first-order valence-electron chi connectivity index (χ1n) is 10.0. The van der Waals surface area contributed by atoms with Gasteiger partial charge in [-0.15, -0.1) is 0 Å². The third kappa shape index (κ3) is 4.03. The highest BCUT2D eigenvalue weighted by atomic mass is 16.5. The van der Waals surface area contributed by atoms with E-state index in [1.807, 2.05) is 17.0 Å². The zero-order valence-corrected chi connectivity index (χ0v) is 16.1. The van der Waals surface area contributed by atoms with Crippen LogP contribution in [0.25, 0.3) is 0 Å². The molecule has 2 aromatic rings. The maximum atomic E-state index is 12.9. The van der Waals surface area contributed by atoms with E-state index >= 15 is 0 Å². The monoisotopic (exact) mass is 377 g/mol. The molecule has 1 amide bonds. The van der Waals surface area contributed by atoms with Crippen LogP contribution >= 0.6 is 0 Å². The molecule has 0 bridgehead atoms. The van der Waals surface area contributed by atoms with Crippen LogP contribution in [0.4, 0.5) is 0 Å². The molecule has 0 radical (unpaired) electrons. The largest absolute Gasteiger partial charge is 0.493 e. The van der Waals surface area contributed by atoms with Crippen LogP contribution in [0.5, 0.6) is 5.75 Å². The summed E-state index contributed by atoms with van der Waals surface area (Å²) < 4.78 is 5.74. The summed E-state index contributed by atoms with van der Waals surface area (Å²) in [5.41, 5.74) is 8.67. The first-order valence-corrected chi connectivity index (χ1v) is 10.0. The molecule has 1 unspecified atom stereocenters. The van der Waals surface area contributed by atoms with Gasteiger partial charge in [0.15, 0.2) is 0 Å². The van der Waals surface area contributed by atoms with E-state index in [0.29, 0.717) is 24.5 Å². The third-order valence-electron chi connectivity index (χ3n) is 5.96. The maximum absolute atomic E-state index is 12.9. The Hall–Kier alpha value is -2.82. The van der Waals surface area contributed by atoms with E-state index in [1.165, 1.54) is 5.56 Å². The Kier molecular flexibility index (Phi) is 5.33. The normalized spacial score (nSPS) is 19.1. The van der Waals surface area contributed by atoms with Crippen LogP contribution in [0.15, 0.2) is 48.5 Å². The lowest BCUT2D eigenvalue weighted by molar-refractivity contribution is -0.133. The minimum absolute atomic E-state index is 0.0419. The second kappa shape index (κ2) is 8.05. The number of likely N-dealkylation sites (tertiary alicyclic amines) is 1. The Labute approximate surface area is 166 Å². The summed E-state index contributed by atoms with van der Waals surface area (Å²) in [6.45, 7) is 2.20. The number of carbonyl (C=O) groups excluding carboxylic acids is 1. The number of nitrogens with two attached hydrogens (primary N) is 1. The SMILES string of the molecule is N=C(N)c1ccc2c(c1)C(CC(=O)N1CCC(Cc3ccccc3)CC1)CO2. The number of nitrogens with one attached hydrogen (secondary N) is 1. The summed E-state index contributed by atoms with van der Waals surface area (Å²) in [6, 6.07) is 16.1. The summed E-state index contributed by atoms with van der Waals surface area (Å²) in [7, 11) is 0. The molecule has 28 heavy (non-hydrogen) atoms. The van der Waals surface area contributed by atoms with Gasteiger partial charge in [-0.3, -0.25) is 10.2 Å².